The van der Waals surface area contributed by atoms with Crippen LogP contribution in [0.3, 0.4) is 0 Å². The SMILES string of the molecule is C=CC(=O)N1CCC(N2C(=O)N(Cc3ccccc3)Cc3cnc(NCCCCN(CC)CC)nc32)C1. The molecular weight excluding hydrogens is 466 g/mol. The lowest BCUT2D eigenvalue weighted by Crippen LogP contribution is -2.52. The minimum Gasteiger partial charge on any atom is -0.354 e. The number of urea groups is 1. The Kier molecular flexibility index (Phi) is 9.11. The van der Waals surface area contributed by atoms with Gasteiger partial charge in [-0.3, -0.25) is 9.69 Å². The first-order chi connectivity index (χ1) is 18.0. The number of carbonyl (C=O) groups excluding carboxylic acids is 2. The van der Waals surface area contributed by atoms with E-state index in [0.717, 1.165) is 50.1 Å². The fourth-order valence-corrected chi connectivity index (χ4v) is 5.06. The molecule has 1 fully saturated rings. The highest BCUT2D eigenvalue weighted by Crippen LogP contribution is 2.32. The van der Waals surface area contributed by atoms with Crippen molar-refractivity contribution in [2.45, 2.75) is 52.2 Å². The van der Waals surface area contributed by atoms with Gasteiger partial charge in [-0.05, 0) is 50.5 Å². The van der Waals surface area contributed by atoms with Gasteiger partial charge in [0.2, 0.25) is 11.9 Å². The van der Waals surface area contributed by atoms with Crippen LogP contribution in [0, 0.1) is 0 Å². The van der Waals surface area contributed by atoms with Gasteiger partial charge >= 0.3 is 6.03 Å². The number of unbranched alkanes of at least 4 members (excludes halogenated alkanes) is 1. The Bertz CT molecular complexity index is 1070. The zero-order chi connectivity index (χ0) is 26.2. The molecular formula is C28H39N7O2. The summed E-state index contributed by atoms with van der Waals surface area (Å²) < 4.78 is 0. The van der Waals surface area contributed by atoms with Crippen LogP contribution >= 0.6 is 0 Å². The van der Waals surface area contributed by atoms with Crippen LogP contribution in [-0.2, 0) is 17.9 Å². The van der Waals surface area contributed by atoms with Crippen LogP contribution in [0.2, 0.25) is 0 Å². The third-order valence-corrected chi connectivity index (χ3v) is 7.22. The van der Waals surface area contributed by atoms with Gasteiger partial charge in [-0.2, -0.15) is 4.98 Å². The normalized spacial score (nSPS) is 17.3. The van der Waals surface area contributed by atoms with Gasteiger partial charge in [-0.15, -0.1) is 0 Å². The van der Waals surface area contributed by atoms with Crippen LogP contribution in [0.1, 0.15) is 44.2 Å². The van der Waals surface area contributed by atoms with Crippen LogP contribution in [-0.4, -0.2) is 81.9 Å². The molecule has 2 aliphatic rings. The molecule has 2 aliphatic heterocycles. The van der Waals surface area contributed by atoms with Gasteiger partial charge in [-0.1, -0.05) is 50.8 Å². The van der Waals surface area contributed by atoms with E-state index < -0.39 is 0 Å². The highest BCUT2D eigenvalue weighted by atomic mass is 16.2. The first-order valence-electron chi connectivity index (χ1n) is 13.4. The van der Waals surface area contributed by atoms with Gasteiger partial charge < -0.3 is 20.0 Å². The van der Waals surface area contributed by atoms with Crippen molar-refractivity contribution in [2.24, 2.45) is 0 Å². The number of amides is 3. The number of hydrogen-bond acceptors (Lipinski definition) is 6. The van der Waals surface area contributed by atoms with Gasteiger partial charge in [-0.25, -0.2) is 9.78 Å². The van der Waals surface area contributed by atoms with E-state index in [2.05, 4.69) is 35.6 Å². The number of hydrogen-bond donors (Lipinski definition) is 1. The maximum absolute atomic E-state index is 13.8. The topological polar surface area (TPSA) is 84.9 Å². The second kappa shape index (κ2) is 12.7. The van der Waals surface area contributed by atoms with E-state index in [4.69, 9.17) is 4.98 Å². The smallest absolute Gasteiger partial charge is 0.326 e. The highest BCUT2D eigenvalue weighted by Gasteiger charge is 2.40. The van der Waals surface area contributed by atoms with Crippen LogP contribution in [0.5, 0.6) is 0 Å². The van der Waals surface area contributed by atoms with E-state index in [-0.39, 0.29) is 18.0 Å². The quantitative estimate of drug-likeness (QED) is 0.349. The van der Waals surface area contributed by atoms with Gasteiger partial charge in [0.25, 0.3) is 0 Å². The highest BCUT2D eigenvalue weighted by molar-refractivity contribution is 5.95. The summed E-state index contributed by atoms with van der Waals surface area (Å²) in [6.45, 7) is 14.0. The predicted octanol–water partition coefficient (Wildman–Crippen LogP) is 3.74. The molecule has 0 aliphatic carbocycles. The van der Waals surface area contributed by atoms with Gasteiger partial charge in [0.15, 0.2) is 0 Å². The number of carbonyl (C=O) groups is 2. The Morgan fingerprint density at radius 2 is 2.00 bits per heavy atom. The molecule has 1 atom stereocenters. The van der Waals surface area contributed by atoms with E-state index in [9.17, 15) is 9.59 Å². The monoisotopic (exact) mass is 505 g/mol. The lowest BCUT2D eigenvalue weighted by molar-refractivity contribution is -0.125. The lowest BCUT2D eigenvalue weighted by Gasteiger charge is -2.39. The second-order valence-electron chi connectivity index (χ2n) is 9.63. The number of fused-ring (bicyclic) bond motifs is 1. The van der Waals surface area contributed by atoms with Crippen LogP contribution < -0.4 is 10.2 Å². The van der Waals surface area contributed by atoms with E-state index in [1.165, 1.54) is 6.08 Å². The third kappa shape index (κ3) is 6.46. The van der Waals surface area contributed by atoms with Crippen molar-refractivity contribution in [1.29, 1.82) is 0 Å². The average Bonchev–Trinajstić information content (AvgIpc) is 3.41. The van der Waals surface area contributed by atoms with Gasteiger partial charge in [0.05, 0.1) is 12.6 Å². The Balaban J connectivity index is 1.50. The maximum atomic E-state index is 13.8. The van der Waals surface area contributed by atoms with E-state index in [0.29, 0.717) is 44.4 Å². The van der Waals surface area contributed by atoms with Crippen LogP contribution in [0.25, 0.3) is 0 Å². The van der Waals surface area contributed by atoms with Gasteiger partial charge in [0, 0.05) is 37.9 Å². The van der Waals surface area contributed by atoms with Gasteiger partial charge in [0.1, 0.15) is 5.82 Å². The predicted molar refractivity (Wildman–Crippen MR) is 146 cm³/mol. The zero-order valence-electron chi connectivity index (χ0n) is 22.1. The minimum absolute atomic E-state index is 0.0851. The van der Waals surface area contributed by atoms with Crippen molar-refractivity contribution in [3.63, 3.8) is 0 Å². The van der Waals surface area contributed by atoms with Crippen molar-refractivity contribution >= 4 is 23.7 Å². The van der Waals surface area contributed by atoms with Crippen LogP contribution in [0.4, 0.5) is 16.6 Å². The van der Waals surface area contributed by atoms with Crippen molar-refractivity contribution < 1.29 is 9.59 Å². The van der Waals surface area contributed by atoms with Crippen molar-refractivity contribution in [3.05, 3.63) is 60.3 Å². The Hall–Kier alpha value is -3.46. The first kappa shape index (κ1) is 26.6. The molecule has 0 saturated carbocycles. The van der Waals surface area contributed by atoms with Crippen molar-refractivity contribution in [1.82, 2.24) is 24.7 Å². The molecule has 0 spiro atoms. The molecule has 37 heavy (non-hydrogen) atoms. The molecule has 1 aromatic heterocycles. The summed E-state index contributed by atoms with van der Waals surface area (Å²) >= 11 is 0. The number of benzene rings is 1. The molecule has 1 N–H and O–H groups in total. The summed E-state index contributed by atoms with van der Waals surface area (Å²) in [5, 5.41) is 3.35. The number of aromatic nitrogens is 2. The van der Waals surface area contributed by atoms with Crippen molar-refractivity contribution in [2.75, 3.05) is 49.5 Å². The Labute approximate surface area is 220 Å². The molecule has 0 radical (unpaired) electrons. The fraction of sp³-hybridized carbons (Fsp3) is 0.500. The second-order valence-corrected chi connectivity index (χ2v) is 9.63. The summed E-state index contributed by atoms with van der Waals surface area (Å²) in [6.07, 6.45) is 5.99. The third-order valence-electron chi connectivity index (χ3n) is 7.22. The molecule has 1 aromatic carbocycles. The molecule has 3 amide bonds. The number of rotatable bonds is 12. The summed E-state index contributed by atoms with van der Waals surface area (Å²) in [5.41, 5.74) is 1.98. The maximum Gasteiger partial charge on any atom is 0.326 e. The molecule has 3 heterocycles. The number of nitrogens with one attached hydrogen (secondary N) is 1. The summed E-state index contributed by atoms with van der Waals surface area (Å²) in [4.78, 5) is 43.2. The fourth-order valence-electron chi connectivity index (χ4n) is 5.06. The molecule has 4 rings (SSSR count). The van der Waals surface area contributed by atoms with E-state index >= 15 is 0 Å². The summed E-state index contributed by atoms with van der Waals surface area (Å²) in [5.74, 6) is 1.07. The Morgan fingerprint density at radius 1 is 1.22 bits per heavy atom. The number of likely N-dealkylation sites (tertiary alicyclic amines) is 1. The average molecular weight is 506 g/mol. The lowest BCUT2D eigenvalue weighted by atomic mass is 10.1. The van der Waals surface area contributed by atoms with E-state index in [1.54, 1.807) is 9.80 Å². The molecule has 1 saturated heterocycles. The molecule has 9 nitrogen and oxygen atoms in total. The minimum atomic E-state index is -0.148. The molecule has 9 heteroatoms. The summed E-state index contributed by atoms with van der Waals surface area (Å²) in [7, 11) is 0. The standard InChI is InChI=1S/C28H39N7O2/c1-4-25(36)33-17-14-24(21-33)35-26-23(20-34(28(35)37)19-22-12-8-7-9-13-22)18-30-27(31-26)29-15-10-11-16-32(5-2)6-3/h4,7-9,12-13,18,24H,1,5-6,10-11,14-17,19-21H2,2-3H3,(H,29,30,31). The largest absolute Gasteiger partial charge is 0.354 e. The molecule has 2 aromatic rings. The number of nitrogens with zero attached hydrogens (tertiary/aromatic N) is 6. The molecule has 1 unspecified atom stereocenters. The number of anilines is 2. The van der Waals surface area contributed by atoms with Crippen molar-refractivity contribution in [3.8, 4) is 0 Å². The first-order valence-corrected chi connectivity index (χ1v) is 13.4. The summed E-state index contributed by atoms with van der Waals surface area (Å²) in [6, 6.07) is 9.75. The Morgan fingerprint density at radius 3 is 2.73 bits per heavy atom. The molecule has 198 valence electrons. The molecule has 0 bridgehead atoms. The van der Waals surface area contributed by atoms with Crippen LogP contribution in [0.15, 0.2) is 49.2 Å². The zero-order valence-corrected chi connectivity index (χ0v) is 22.1. The van der Waals surface area contributed by atoms with E-state index in [1.807, 2.05) is 41.4 Å².